The Morgan fingerprint density at radius 1 is 1.21 bits per heavy atom. The van der Waals surface area contributed by atoms with Gasteiger partial charge >= 0.3 is 0 Å². The third-order valence-electron chi connectivity index (χ3n) is 4.59. The summed E-state index contributed by atoms with van der Waals surface area (Å²) in [4.78, 5) is 5.08. The fourth-order valence-electron chi connectivity index (χ4n) is 3.62. The Balaban J connectivity index is 2.46. The predicted molar refractivity (Wildman–Crippen MR) is 84.7 cm³/mol. The van der Waals surface area contributed by atoms with Gasteiger partial charge in [0, 0.05) is 18.6 Å². The summed E-state index contributed by atoms with van der Waals surface area (Å²) in [6.07, 6.45) is 6.59. The lowest BCUT2D eigenvalue weighted by Crippen LogP contribution is -2.51. The van der Waals surface area contributed by atoms with Gasteiger partial charge in [0.15, 0.2) is 0 Å². The third kappa shape index (κ3) is 5.41. The van der Waals surface area contributed by atoms with Crippen LogP contribution in [0.15, 0.2) is 0 Å². The standard InChI is InChI=1S/C16H35N3/c1-6-8-15(17-3)16(7-2)19-11-9-14(10-12-19)13-18(4)5/h14-17H,6-13H2,1-5H3. The SMILES string of the molecule is CCCC(NC)C(CC)N1CCC(CN(C)C)CC1. The first-order chi connectivity index (χ1) is 9.12. The molecule has 0 aromatic heterocycles. The number of rotatable bonds is 8. The monoisotopic (exact) mass is 269 g/mol. The second-order valence-corrected chi connectivity index (χ2v) is 6.40. The van der Waals surface area contributed by atoms with Crippen LogP contribution in [0.4, 0.5) is 0 Å². The van der Waals surface area contributed by atoms with Crippen LogP contribution in [0.1, 0.15) is 46.0 Å². The number of likely N-dealkylation sites (N-methyl/N-ethyl adjacent to an activating group) is 1. The predicted octanol–water partition coefficient (Wildman–Crippen LogP) is 2.43. The lowest BCUT2D eigenvalue weighted by molar-refractivity contribution is 0.0939. The number of hydrogen-bond donors (Lipinski definition) is 1. The van der Waals surface area contributed by atoms with E-state index in [1.807, 2.05) is 0 Å². The highest BCUT2D eigenvalue weighted by atomic mass is 15.2. The van der Waals surface area contributed by atoms with Crippen molar-refractivity contribution in [1.82, 2.24) is 15.1 Å². The Morgan fingerprint density at radius 2 is 1.84 bits per heavy atom. The molecule has 1 aliphatic rings. The van der Waals surface area contributed by atoms with Crippen LogP contribution in [0.2, 0.25) is 0 Å². The molecule has 1 heterocycles. The minimum atomic E-state index is 0.667. The molecule has 2 unspecified atom stereocenters. The maximum Gasteiger partial charge on any atom is 0.0246 e. The zero-order valence-electron chi connectivity index (χ0n) is 13.8. The van der Waals surface area contributed by atoms with Gasteiger partial charge in [0.1, 0.15) is 0 Å². The molecule has 19 heavy (non-hydrogen) atoms. The highest BCUT2D eigenvalue weighted by Crippen LogP contribution is 2.23. The maximum atomic E-state index is 3.54. The molecule has 0 aromatic rings. The molecule has 0 aromatic carbocycles. The molecule has 0 saturated carbocycles. The van der Waals surface area contributed by atoms with Crippen LogP contribution in [-0.2, 0) is 0 Å². The first kappa shape index (κ1) is 16.9. The van der Waals surface area contributed by atoms with E-state index in [0.29, 0.717) is 6.04 Å². The molecule has 0 aliphatic carbocycles. The van der Waals surface area contributed by atoms with Gasteiger partial charge in [0.05, 0.1) is 0 Å². The van der Waals surface area contributed by atoms with Gasteiger partial charge in [-0.15, -0.1) is 0 Å². The molecule has 1 fully saturated rings. The van der Waals surface area contributed by atoms with E-state index >= 15 is 0 Å². The van der Waals surface area contributed by atoms with E-state index in [9.17, 15) is 0 Å². The highest BCUT2D eigenvalue weighted by Gasteiger charge is 2.28. The molecule has 114 valence electrons. The number of nitrogens with one attached hydrogen (secondary N) is 1. The van der Waals surface area contributed by atoms with Gasteiger partial charge in [-0.2, -0.15) is 0 Å². The van der Waals surface area contributed by atoms with Gasteiger partial charge in [0.2, 0.25) is 0 Å². The van der Waals surface area contributed by atoms with E-state index in [4.69, 9.17) is 0 Å². The van der Waals surface area contributed by atoms with E-state index in [0.717, 1.165) is 12.0 Å². The molecular weight excluding hydrogens is 234 g/mol. The molecular formula is C16H35N3. The first-order valence-electron chi connectivity index (χ1n) is 8.18. The van der Waals surface area contributed by atoms with E-state index in [2.05, 4.69) is 50.1 Å². The smallest absolute Gasteiger partial charge is 0.0246 e. The Kier molecular flexibility index (Phi) is 7.96. The minimum absolute atomic E-state index is 0.667. The summed E-state index contributed by atoms with van der Waals surface area (Å²) in [5.41, 5.74) is 0. The summed E-state index contributed by atoms with van der Waals surface area (Å²) in [5.74, 6) is 0.906. The van der Waals surface area contributed by atoms with Gasteiger partial charge in [-0.1, -0.05) is 20.3 Å². The van der Waals surface area contributed by atoms with E-state index in [1.165, 1.54) is 51.7 Å². The molecule has 1 aliphatic heterocycles. The summed E-state index contributed by atoms with van der Waals surface area (Å²) < 4.78 is 0. The molecule has 1 rings (SSSR count). The Bertz CT molecular complexity index is 222. The van der Waals surface area contributed by atoms with Gasteiger partial charge in [-0.25, -0.2) is 0 Å². The molecule has 0 radical (unpaired) electrons. The molecule has 0 bridgehead atoms. The average Bonchev–Trinajstić information content (AvgIpc) is 2.39. The second-order valence-electron chi connectivity index (χ2n) is 6.40. The quantitative estimate of drug-likeness (QED) is 0.730. The van der Waals surface area contributed by atoms with Crippen molar-refractivity contribution in [3.63, 3.8) is 0 Å². The van der Waals surface area contributed by atoms with Crippen molar-refractivity contribution in [3.05, 3.63) is 0 Å². The summed E-state index contributed by atoms with van der Waals surface area (Å²) in [5, 5.41) is 3.54. The second kappa shape index (κ2) is 8.93. The van der Waals surface area contributed by atoms with Crippen LogP contribution in [-0.4, -0.2) is 62.7 Å². The Morgan fingerprint density at radius 3 is 2.26 bits per heavy atom. The Labute approximate surface area is 120 Å². The van der Waals surface area contributed by atoms with Crippen molar-refractivity contribution < 1.29 is 0 Å². The first-order valence-corrected chi connectivity index (χ1v) is 8.18. The van der Waals surface area contributed by atoms with Crippen LogP contribution in [0.3, 0.4) is 0 Å². The van der Waals surface area contributed by atoms with Crippen molar-refractivity contribution in [3.8, 4) is 0 Å². The zero-order valence-corrected chi connectivity index (χ0v) is 13.8. The molecule has 3 nitrogen and oxygen atoms in total. The lowest BCUT2D eigenvalue weighted by Gasteiger charge is -2.41. The normalized spacial score (nSPS) is 21.8. The third-order valence-corrected chi connectivity index (χ3v) is 4.59. The fourth-order valence-corrected chi connectivity index (χ4v) is 3.62. The van der Waals surface area contributed by atoms with Gasteiger partial charge in [0.25, 0.3) is 0 Å². The maximum absolute atomic E-state index is 3.54. The number of nitrogens with zero attached hydrogens (tertiary/aromatic N) is 2. The minimum Gasteiger partial charge on any atom is -0.315 e. The van der Waals surface area contributed by atoms with Crippen LogP contribution >= 0.6 is 0 Å². The van der Waals surface area contributed by atoms with Crippen molar-refractivity contribution >= 4 is 0 Å². The molecule has 3 heteroatoms. The topological polar surface area (TPSA) is 18.5 Å². The van der Waals surface area contributed by atoms with Crippen molar-refractivity contribution in [2.45, 2.75) is 58.0 Å². The number of hydrogen-bond acceptors (Lipinski definition) is 3. The lowest BCUT2D eigenvalue weighted by atomic mass is 9.92. The summed E-state index contributed by atoms with van der Waals surface area (Å²) in [6, 6.07) is 1.39. The van der Waals surface area contributed by atoms with Crippen LogP contribution in [0, 0.1) is 5.92 Å². The molecule has 0 spiro atoms. The zero-order chi connectivity index (χ0) is 14.3. The molecule has 1 N–H and O–H groups in total. The van der Waals surface area contributed by atoms with Crippen LogP contribution in [0.5, 0.6) is 0 Å². The van der Waals surface area contributed by atoms with Crippen molar-refractivity contribution in [1.29, 1.82) is 0 Å². The fraction of sp³-hybridized carbons (Fsp3) is 1.00. The largest absolute Gasteiger partial charge is 0.315 e. The van der Waals surface area contributed by atoms with E-state index < -0.39 is 0 Å². The number of piperidine rings is 1. The summed E-state index contributed by atoms with van der Waals surface area (Å²) in [7, 11) is 6.51. The molecule has 2 atom stereocenters. The van der Waals surface area contributed by atoms with E-state index in [1.54, 1.807) is 0 Å². The summed E-state index contributed by atoms with van der Waals surface area (Å²) in [6.45, 7) is 8.48. The number of likely N-dealkylation sites (tertiary alicyclic amines) is 1. The van der Waals surface area contributed by atoms with Crippen molar-refractivity contribution in [2.24, 2.45) is 5.92 Å². The van der Waals surface area contributed by atoms with Crippen molar-refractivity contribution in [2.75, 3.05) is 40.8 Å². The highest BCUT2D eigenvalue weighted by molar-refractivity contribution is 4.86. The average molecular weight is 269 g/mol. The van der Waals surface area contributed by atoms with Crippen LogP contribution in [0.25, 0.3) is 0 Å². The van der Waals surface area contributed by atoms with Crippen LogP contribution < -0.4 is 5.32 Å². The molecule has 1 saturated heterocycles. The summed E-state index contributed by atoms with van der Waals surface area (Å²) >= 11 is 0. The Hall–Kier alpha value is -0.120. The molecule has 0 amide bonds. The van der Waals surface area contributed by atoms with Gasteiger partial charge in [-0.3, -0.25) is 4.90 Å². The van der Waals surface area contributed by atoms with E-state index in [-0.39, 0.29) is 0 Å². The van der Waals surface area contributed by atoms with Gasteiger partial charge < -0.3 is 10.2 Å². The van der Waals surface area contributed by atoms with Gasteiger partial charge in [-0.05, 0) is 65.8 Å².